The molecule has 2 N–H and O–H groups in total. The predicted molar refractivity (Wildman–Crippen MR) is 94.3 cm³/mol. The second-order valence-corrected chi connectivity index (χ2v) is 7.61. The van der Waals surface area contributed by atoms with Gasteiger partial charge in [-0.15, -0.1) is 0 Å². The Hall–Kier alpha value is -2.25. The van der Waals surface area contributed by atoms with Crippen molar-refractivity contribution in [3.8, 4) is 0 Å². The lowest BCUT2D eigenvalue weighted by Crippen LogP contribution is -2.30. The molecule has 0 saturated heterocycles. The number of rotatable bonds is 7. The summed E-state index contributed by atoms with van der Waals surface area (Å²) in [5, 5.41) is 2.69. The molecule has 7 heteroatoms. The summed E-state index contributed by atoms with van der Waals surface area (Å²) < 4.78 is 40.1. The molecular weight excluding hydrogens is 343 g/mol. The lowest BCUT2D eigenvalue weighted by molar-refractivity contribution is 0.0954. The van der Waals surface area contributed by atoms with Crippen molar-refractivity contribution in [2.45, 2.75) is 31.2 Å². The van der Waals surface area contributed by atoms with Gasteiger partial charge >= 0.3 is 0 Å². The first-order valence-electron chi connectivity index (χ1n) is 7.93. The number of benzene rings is 2. The van der Waals surface area contributed by atoms with Gasteiger partial charge in [-0.2, -0.15) is 0 Å². The minimum atomic E-state index is -3.58. The van der Waals surface area contributed by atoms with Crippen molar-refractivity contribution >= 4 is 15.9 Å². The molecule has 5 nitrogen and oxygen atoms in total. The van der Waals surface area contributed by atoms with E-state index in [4.69, 9.17) is 0 Å². The van der Waals surface area contributed by atoms with E-state index in [2.05, 4.69) is 10.0 Å². The van der Waals surface area contributed by atoms with Crippen LogP contribution in [-0.2, 0) is 16.4 Å². The Labute approximate surface area is 147 Å². The topological polar surface area (TPSA) is 75.3 Å². The molecule has 2 aromatic rings. The Bertz CT molecular complexity index is 834. The molecule has 2 aromatic carbocycles. The SMILES string of the molecule is CC(C)NS(=O)(=O)c1ccc(C(=O)NCCc2ccccc2F)cc1. The van der Waals surface area contributed by atoms with E-state index in [0.29, 0.717) is 17.5 Å². The van der Waals surface area contributed by atoms with Gasteiger partial charge in [-0.3, -0.25) is 4.79 Å². The standard InChI is InChI=1S/C18H21FN2O3S/c1-13(2)21-25(23,24)16-9-7-15(8-10-16)18(22)20-12-11-14-5-3-4-6-17(14)19/h3-10,13,21H,11-12H2,1-2H3,(H,20,22). The molecule has 134 valence electrons. The van der Waals surface area contributed by atoms with Crippen LogP contribution >= 0.6 is 0 Å². The summed E-state index contributed by atoms with van der Waals surface area (Å²) in [5.41, 5.74) is 0.876. The first-order chi connectivity index (χ1) is 11.8. The average molecular weight is 364 g/mol. The zero-order chi connectivity index (χ0) is 18.4. The van der Waals surface area contributed by atoms with Crippen LogP contribution in [0.1, 0.15) is 29.8 Å². The molecule has 0 bridgehead atoms. The summed E-state index contributed by atoms with van der Waals surface area (Å²) in [7, 11) is -3.58. The third-order valence-electron chi connectivity index (χ3n) is 3.46. The lowest BCUT2D eigenvalue weighted by Gasteiger charge is -2.10. The highest BCUT2D eigenvalue weighted by Gasteiger charge is 2.16. The average Bonchev–Trinajstić information content (AvgIpc) is 2.55. The van der Waals surface area contributed by atoms with Crippen LogP contribution in [0.3, 0.4) is 0 Å². The number of hydrogen-bond acceptors (Lipinski definition) is 3. The molecule has 0 saturated carbocycles. The second-order valence-electron chi connectivity index (χ2n) is 5.90. The zero-order valence-electron chi connectivity index (χ0n) is 14.1. The van der Waals surface area contributed by atoms with Crippen LogP contribution in [0.2, 0.25) is 0 Å². The number of hydrogen-bond donors (Lipinski definition) is 2. The number of halogens is 1. The van der Waals surface area contributed by atoms with Crippen molar-refractivity contribution in [2.24, 2.45) is 0 Å². The Balaban J connectivity index is 1.95. The van der Waals surface area contributed by atoms with Gasteiger partial charge < -0.3 is 5.32 Å². The molecule has 0 unspecified atom stereocenters. The minimum absolute atomic E-state index is 0.101. The first-order valence-corrected chi connectivity index (χ1v) is 9.42. The normalized spacial score (nSPS) is 11.5. The van der Waals surface area contributed by atoms with Crippen molar-refractivity contribution in [1.82, 2.24) is 10.0 Å². The molecule has 2 rings (SSSR count). The quantitative estimate of drug-likeness (QED) is 0.793. The van der Waals surface area contributed by atoms with Crippen LogP contribution in [0.5, 0.6) is 0 Å². The molecule has 1 amide bonds. The van der Waals surface area contributed by atoms with E-state index >= 15 is 0 Å². The van der Waals surface area contributed by atoms with Crippen LogP contribution in [-0.4, -0.2) is 26.9 Å². The van der Waals surface area contributed by atoms with Gasteiger partial charge in [0.25, 0.3) is 5.91 Å². The van der Waals surface area contributed by atoms with E-state index < -0.39 is 10.0 Å². The maximum absolute atomic E-state index is 13.5. The van der Waals surface area contributed by atoms with Gasteiger partial charge in [0.1, 0.15) is 5.82 Å². The van der Waals surface area contributed by atoms with Gasteiger partial charge in [0.15, 0.2) is 0 Å². The fraction of sp³-hybridized carbons (Fsp3) is 0.278. The highest BCUT2D eigenvalue weighted by molar-refractivity contribution is 7.89. The largest absolute Gasteiger partial charge is 0.352 e. The van der Waals surface area contributed by atoms with Gasteiger partial charge in [0, 0.05) is 18.2 Å². The highest BCUT2D eigenvalue weighted by Crippen LogP contribution is 2.11. The fourth-order valence-corrected chi connectivity index (χ4v) is 3.53. The molecule has 0 radical (unpaired) electrons. The van der Waals surface area contributed by atoms with Crippen molar-refractivity contribution in [3.05, 3.63) is 65.5 Å². The number of nitrogens with one attached hydrogen (secondary N) is 2. The van der Waals surface area contributed by atoms with E-state index in [1.807, 2.05) is 0 Å². The molecule has 25 heavy (non-hydrogen) atoms. The van der Waals surface area contributed by atoms with Gasteiger partial charge in [-0.05, 0) is 56.2 Å². The summed E-state index contributed by atoms with van der Waals surface area (Å²) in [6, 6.07) is 11.9. The summed E-state index contributed by atoms with van der Waals surface area (Å²) in [6.45, 7) is 3.75. The molecule has 0 atom stereocenters. The van der Waals surface area contributed by atoms with Crippen LogP contribution in [0.4, 0.5) is 4.39 Å². The summed E-state index contributed by atoms with van der Waals surface area (Å²) >= 11 is 0. The third-order valence-corrected chi connectivity index (χ3v) is 5.13. The molecule has 0 aliphatic carbocycles. The Morgan fingerprint density at radius 2 is 1.72 bits per heavy atom. The Morgan fingerprint density at radius 3 is 2.32 bits per heavy atom. The van der Waals surface area contributed by atoms with Crippen LogP contribution < -0.4 is 10.0 Å². The van der Waals surface area contributed by atoms with E-state index in [9.17, 15) is 17.6 Å². The molecular formula is C18H21FN2O3S. The van der Waals surface area contributed by atoms with E-state index in [0.717, 1.165) is 0 Å². The summed E-state index contributed by atoms with van der Waals surface area (Å²) in [4.78, 5) is 12.2. The highest BCUT2D eigenvalue weighted by atomic mass is 32.2. The number of carbonyl (C=O) groups is 1. The number of amides is 1. The van der Waals surface area contributed by atoms with Crippen LogP contribution in [0.25, 0.3) is 0 Å². The molecule has 0 aliphatic heterocycles. The Kier molecular flexibility index (Phi) is 6.27. The van der Waals surface area contributed by atoms with Crippen molar-refractivity contribution in [2.75, 3.05) is 6.54 Å². The maximum atomic E-state index is 13.5. The van der Waals surface area contributed by atoms with Gasteiger partial charge in [0.2, 0.25) is 10.0 Å². The number of carbonyl (C=O) groups excluding carboxylic acids is 1. The second kappa shape index (κ2) is 8.22. The molecule has 0 heterocycles. The van der Waals surface area contributed by atoms with Crippen molar-refractivity contribution in [3.63, 3.8) is 0 Å². The summed E-state index contributed by atoms with van der Waals surface area (Å²) in [6.07, 6.45) is 0.378. The summed E-state index contributed by atoms with van der Waals surface area (Å²) in [5.74, 6) is -0.638. The van der Waals surface area contributed by atoms with E-state index in [1.165, 1.54) is 30.3 Å². The lowest BCUT2D eigenvalue weighted by atomic mass is 10.1. The zero-order valence-corrected chi connectivity index (χ0v) is 14.9. The van der Waals surface area contributed by atoms with Gasteiger partial charge in [-0.25, -0.2) is 17.5 Å². The monoisotopic (exact) mass is 364 g/mol. The maximum Gasteiger partial charge on any atom is 0.251 e. The van der Waals surface area contributed by atoms with Crippen molar-refractivity contribution in [1.29, 1.82) is 0 Å². The molecule has 0 aromatic heterocycles. The molecule has 0 aliphatic rings. The van der Waals surface area contributed by atoms with E-state index in [1.54, 1.807) is 32.0 Å². The Morgan fingerprint density at radius 1 is 1.08 bits per heavy atom. The molecule has 0 fully saturated rings. The van der Waals surface area contributed by atoms with Gasteiger partial charge in [-0.1, -0.05) is 18.2 Å². The predicted octanol–water partition coefficient (Wildman–Crippen LogP) is 2.48. The number of sulfonamides is 1. The third kappa shape index (κ3) is 5.37. The first kappa shape index (κ1) is 19.1. The van der Waals surface area contributed by atoms with E-state index in [-0.39, 0.29) is 29.2 Å². The fourth-order valence-electron chi connectivity index (χ4n) is 2.28. The van der Waals surface area contributed by atoms with Gasteiger partial charge in [0.05, 0.1) is 4.90 Å². The smallest absolute Gasteiger partial charge is 0.251 e. The van der Waals surface area contributed by atoms with Crippen LogP contribution in [0.15, 0.2) is 53.4 Å². The van der Waals surface area contributed by atoms with Crippen LogP contribution in [0, 0.1) is 5.82 Å². The molecule has 0 spiro atoms. The van der Waals surface area contributed by atoms with Crippen molar-refractivity contribution < 1.29 is 17.6 Å². The minimum Gasteiger partial charge on any atom is -0.352 e.